The van der Waals surface area contributed by atoms with Gasteiger partial charge in [0.15, 0.2) is 0 Å². The third-order valence-electron chi connectivity index (χ3n) is 6.63. The molecule has 0 radical (unpaired) electrons. The van der Waals surface area contributed by atoms with E-state index in [2.05, 4.69) is 10.2 Å². The molecule has 1 aromatic rings. The molecule has 2 bridgehead atoms. The second-order valence-electron chi connectivity index (χ2n) is 8.31. The highest BCUT2D eigenvalue weighted by molar-refractivity contribution is 6.24. The zero-order valence-corrected chi connectivity index (χ0v) is 15.4. The van der Waals surface area contributed by atoms with E-state index in [1.807, 2.05) is 6.07 Å². The summed E-state index contributed by atoms with van der Waals surface area (Å²) in [6.45, 7) is 2.39. The van der Waals surface area contributed by atoms with Gasteiger partial charge in [-0.25, -0.2) is 0 Å². The number of carbonyl (C=O) groups is 4. The van der Waals surface area contributed by atoms with Gasteiger partial charge in [0.25, 0.3) is 11.8 Å². The van der Waals surface area contributed by atoms with Crippen molar-refractivity contribution in [2.24, 2.45) is 17.6 Å². The van der Waals surface area contributed by atoms with Gasteiger partial charge < -0.3 is 5.73 Å². The smallest absolute Gasteiger partial charge is 0.262 e. The molecule has 5 aliphatic rings. The average molecular weight is 382 g/mol. The van der Waals surface area contributed by atoms with Gasteiger partial charge in [0.2, 0.25) is 11.8 Å². The Kier molecular flexibility index (Phi) is 3.89. The predicted octanol–water partition coefficient (Wildman–Crippen LogP) is -0.133. The van der Waals surface area contributed by atoms with Crippen molar-refractivity contribution in [2.45, 2.75) is 37.9 Å². The summed E-state index contributed by atoms with van der Waals surface area (Å²) in [6, 6.07) is 4.64. The molecule has 3 unspecified atom stereocenters. The van der Waals surface area contributed by atoms with Gasteiger partial charge in [-0.05, 0) is 36.3 Å². The molecule has 1 saturated carbocycles. The quantitative estimate of drug-likeness (QED) is 0.704. The maximum Gasteiger partial charge on any atom is 0.262 e. The number of fused-ring (bicyclic) bond motifs is 3. The van der Waals surface area contributed by atoms with E-state index in [0.29, 0.717) is 29.5 Å². The van der Waals surface area contributed by atoms with Crippen LogP contribution in [0.25, 0.3) is 0 Å². The Morgan fingerprint density at radius 2 is 1.82 bits per heavy atom. The van der Waals surface area contributed by atoms with E-state index in [1.54, 1.807) is 12.1 Å². The number of nitrogens with one attached hydrogen (secondary N) is 1. The maximum absolute atomic E-state index is 13.1. The minimum atomic E-state index is -0.932. The van der Waals surface area contributed by atoms with Gasteiger partial charge in [-0.3, -0.25) is 34.3 Å². The largest absolute Gasteiger partial charge is 0.327 e. The summed E-state index contributed by atoms with van der Waals surface area (Å²) in [6.07, 6.45) is 1.46. The summed E-state index contributed by atoms with van der Waals surface area (Å²) in [5.74, 6) is -0.845. The highest BCUT2D eigenvalue weighted by Crippen LogP contribution is 2.39. The van der Waals surface area contributed by atoms with Crippen LogP contribution in [0.3, 0.4) is 0 Å². The van der Waals surface area contributed by atoms with Crippen molar-refractivity contribution in [1.82, 2.24) is 15.1 Å². The highest BCUT2D eigenvalue weighted by atomic mass is 16.2. The Labute approximate surface area is 162 Å². The van der Waals surface area contributed by atoms with E-state index in [0.717, 1.165) is 23.6 Å². The van der Waals surface area contributed by atoms with E-state index in [1.165, 1.54) is 6.42 Å². The number of benzene rings is 1. The molecule has 4 fully saturated rings. The molecule has 0 spiro atoms. The molecule has 4 heterocycles. The van der Waals surface area contributed by atoms with Crippen molar-refractivity contribution in [3.8, 4) is 0 Å². The number of amides is 4. The predicted molar refractivity (Wildman–Crippen MR) is 98.0 cm³/mol. The number of carbonyl (C=O) groups excluding carboxylic acids is 4. The Morgan fingerprint density at radius 3 is 2.50 bits per heavy atom. The molecule has 1 aliphatic carbocycles. The van der Waals surface area contributed by atoms with Crippen molar-refractivity contribution in [1.29, 1.82) is 0 Å². The monoisotopic (exact) mass is 382 g/mol. The lowest BCUT2D eigenvalue weighted by Gasteiger charge is -2.52. The van der Waals surface area contributed by atoms with Crippen molar-refractivity contribution in [3.05, 3.63) is 34.9 Å². The Hall–Kier alpha value is -2.58. The minimum Gasteiger partial charge on any atom is -0.327 e. The zero-order valence-electron chi connectivity index (χ0n) is 15.4. The third kappa shape index (κ3) is 2.51. The van der Waals surface area contributed by atoms with E-state index in [9.17, 15) is 19.2 Å². The van der Waals surface area contributed by atoms with Gasteiger partial charge in [0, 0.05) is 32.1 Å². The van der Waals surface area contributed by atoms with Gasteiger partial charge in [-0.2, -0.15) is 0 Å². The summed E-state index contributed by atoms with van der Waals surface area (Å²) in [5.41, 5.74) is 7.68. The van der Waals surface area contributed by atoms with Crippen molar-refractivity contribution < 1.29 is 19.2 Å². The van der Waals surface area contributed by atoms with Crippen molar-refractivity contribution in [3.63, 3.8) is 0 Å². The molecule has 3 atom stereocenters. The van der Waals surface area contributed by atoms with E-state index in [4.69, 9.17) is 5.73 Å². The minimum absolute atomic E-state index is 0.119. The zero-order chi connectivity index (χ0) is 19.6. The SMILES string of the molecule is NC1C2CC1CN(Cc1cccc3c1C(=O)N(C1CCC(=O)NC1=O)C3=O)C2. The lowest BCUT2D eigenvalue weighted by molar-refractivity contribution is -0.136. The fourth-order valence-electron chi connectivity index (χ4n) is 5.11. The summed E-state index contributed by atoms with van der Waals surface area (Å²) < 4.78 is 0. The first-order valence-electron chi connectivity index (χ1n) is 9.75. The highest BCUT2D eigenvalue weighted by Gasteiger charge is 2.47. The lowest BCUT2D eigenvalue weighted by atomic mass is 9.66. The number of nitrogens with two attached hydrogens (primary N) is 1. The lowest BCUT2D eigenvalue weighted by Crippen LogP contribution is -2.61. The Balaban J connectivity index is 1.41. The third-order valence-corrected chi connectivity index (χ3v) is 6.63. The number of imide groups is 2. The molecule has 3 saturated heterocycles. The van der Waals surface area contributed by atoms with Crippen molar-refractivity contribution in [2.75, 3.05) is 13.1 Å². The van der Waals surface area contributed by atoms with Crippen LogP contribution in [0, 0.1) is 11.8 Å². The van der Waals surface area contributed by atoms with Gasteiger partial charge in [-0.1, -0.05) is 12.1 Å². The van der Waals surface area contributed by atoms with E-state index in [-0.39, 0.29) is 24.8 Å². The second-order valence-corrected chi connectivity index (χ2v) is 8.31. The number of hydrogen-bond acceptors (Lipinski definition) is 6. The molecular weight excluding hydrogens is 360 g/mol. The average Bonchev–Trinajstić information content (AvgIpc) is 2.93. The fraction of sp³-hybridized carbons (Fsp3) is 0.500. The van der Waals surface area contributed by atoms with Gasteiger partial charge in [-0.15, -0.1) is 0 Å². The Bertz CT molecular complexity index is 901. The molecule has 0 aromatic heterocycles. The molecule has 8 nitrogen and oxygen atoms in total. The molecular formula is C20H22N4O4. The van der Waals surface area contributed by atoms with Crippen LogP contribution in [0.1, 0.15) is 45.5 Å². The van der Waals surface area contributed by atoms with Crippen LogP contribution in [0.2, 0.25) is 0 Å². The van der Waals surface area contributed by atoms with Crippen LogP contribution in [0.4, 0.5) is 0 Å². The summed E-state index contributed by atoms with van der Waals surface area (Å²) in [4.78, 5) is 53.0. The van der Waals surface area contributed by atoms with E-state index >= 15 is 0 Å². The number of piperidine rings is 3. The molecule has 3 N–H and O–H groups in total. The normalized spacial score (nSPS) is 32.2. The van der Waals surface area contributed by atoms with Crippen molar-refractivity contribution >= 4 is 23.6 Å². The summed E-state index contributed by atoms with van der Waals surface area (Å²) >= 11 is 0. The van der Waals surface area contributed by atoms with Crippen LogP contribution in [-0.4, -0.2) is 58.6 Å². The molecule has 28 heavy (non-hydrogen) atoms. The van der Waals surface area contributed by atoms with Gasteiger partial charge >= 0.3 is 0 Å². The molecule has 6 rings (SSSR count). The first kappa shape index (κ1) is 17.5. The van der Waals surface area contributed by atoms with Crippen LogP contribution < -0.4 is 11.1 Å². The van der Waals surface area contributed by atoms with Crippen LogP contribution in [-0.2, 0) is 16.1 Å². The number of rotatable bonds is 3. The topological polar surface area (TPSA) is 113 Å². The van der Waals surface area contributed by atoms with Crippen LogP contribution in [0.5, 0.6) is 0 Å². The molecule has 1 aromatic carbocycles. The summed E-state index contributed by atoms with van der Waals surface area (Å²) in [5, 5.41) is 2.22. The van der Waals surface area contributed by atoms with E-state index < -0.39 is 23.8 Å². The first-order valence-corrected chi connectivity index (χ1v) is 9.75. The second kappa shape index (κ2) is 6.22. The Morgan fingerprint density at radius 1 is 1.07 bits per heavy atom. The maximum atomic E-state index is 13.1. The first-order chi connectivity index (χ1) is 13.4. The number of hydrogen-bond donors (Lipinski definition) is 2. The summed E-state index contributed by atoms with van der Waals surface area (Å²) in [7, 11) is 0. The standard InChI is InChI=1S/C20H22N4O4/c21-17-11-6-12(17)9-23(8-11)7-10-2-1-3-13-16(10)20(28)24(19(13)27)14-4-5-15(25)22-18(14)26/h1-3,11-12,14,17H,4-9,21H2,(H,22,25,26). The van der Waals surface area contributed by atoms with Crippen LogP contribution in [0.15, 0.2) is 18.2 Å². The number of nitrogens with zero attached hydrogens (tertiary/aromatic N) is 2. The molecule has 146 valence electrons. The van der Waals surface area contributed by atoms with Gasteiger partial charge in [0.1, 0.15) is 6.04 Å². The molecule has 4 aliphatic heterocycles. The molecule has 8 heteroatoms. The van der Waals surface area contributed by atoms with Crippen LogP contribution >= 0.6 is 0 Å². The molecule has 4 amide bonds. The fourth-order valence-corrected chi connectivity index (χ4v) is 5.11. The van der Waals surface area contributed by atoms with Gasteiger partial charge in [0.05, 0.1) is 11.1 Å².